The second-order valence-electron chi connectivity index (χ2n) is 5.09. The molecular weight excluding hydrogens is 284 g/mol. The third kappa shape index (κ3) is 2.22. The number of rotatable bonds is 2. The molecule has 3 N–H and O–H groups in total. The van der Waals surface area contributed by atoms with E-state index < -0.39 is 17.2 Å². The average Bonchev–Trinajstić information content (AvgIpc) is 2.36. The van der Waals surface area contributed by atoms with E-state index in [0.29, 0.717) is 13.1 Å². The van der Waals surface area contributed by atoms with Gasteiger partial charge in [-0.1, -0.05) is 12.2 Å². The zero-order chi connectivity index (χ0) is 15.1. The molecule has 0 bridgehead atoms. The van der Waals surface area contributed by atoms with Crippen molar-refractivity contribution in [3.63, 3.8) is 0 Å². The van der Waals surface area contributed by atoms with Crippen molar-refractivity contribution in [1.29, 1.82) is 0 Å². The maximum Gasteiger partial charge on any atom is 0.245 e. The van der Waals surface area contributed by atoms with Crippen LogP contribution in [0.15, 0.2) is 12.1 Å². The lowest BCUT2D eigenvalue weighted by atomic mass is 9.97. The molecule has 1 aliphatic heterocycles. The second kappa shape index (κ2) is 4.97. The summed E-state index contributed by atoms with van der Waals surface area (Å²) in [6.07, 6.45) is 0. The van der Waals surface area contributed by atoms with Gasteiger partial charge in [-0.2, -0.15) is 0 Å². The lowest BCUT2D eigenvalue weighted by Gasteiger charge is -2.43. The Kier molecular flexibility index (Phi) is 3.64. The standard InChI is InChI=1S/C13H15F2N3OS/c1-13(2)12(19)17-5-6-18(13)8-4-3-7(11(16)20)9(14)10(8)15/h3-4H,5-6H2,1-2H3,(H2,16,20)(H,17,19). The number of halogens is 2. The Labute approximate surface area is 120 Å². The minimum atomic E-state index is -1.09. The van der Waals surface area contributed by atoms with E-state index in [2.05, 4.69) is 17.5 Å². The summed E-state index contributed by atoms with van der Waals surface area (Å²) in [4.78, 5) is 13.2. The Morgan fingerprint density at radius 3 is 2.65 bits per heavy atom. The Morgan fingerprint density at radius 1 is 1.40 bits per heavy atom. The molecule has 0 saturated carbocycles. The monoisotopic (exact) mass is 299 g/mol. The lowest BCUT2D eigenvalue weighted by Crippen LogP contribution is -2.62. The number of anilines is 1. The van der Waals surface area contributed by atoms with E-state index in [1.807, 2.05) is 0 Å². The number of piperazine rings is 1. The molecule has 1 aromatic rings. The van der Waals surface area contributed by atoms with E-state index in [0.717, 1.165) is 0 Å². The Bertz CT molecular complexity index is 589. The molecule has 1 saturated heterocycles. The maximum atomic E-state index is 14.2. The van der Waals surface area contributed by atoms with Gasteiger partial charge < -0.3 is 16.0 Å². The first-order valence-corrected chi connectivity index (χ1v) is 6.51. The zero-order valence-corrected chi connectivity index (χ0v) is 12.0. The molecule has 4 nitrogen and oxygen atoms in total. The molecule has 0 radical (unpaired) electrons. The number of hydrogen-bond donors (Lipinski definition) is 2. The molecule has 1 aromatic carbocycles. The number of carbonyl (C=O) groups is 1. The van der Waals surface area contributed by atoms with Gasteiger partial charge in [0.05, 0.1) is 5.69 Å². The Balaban J connectivity index is 2.51. The first-order chi connectivity index (χ1) is 9.26. The summed E-state index contributed by atoms with van der Waals surface area (Å²) in [5.74, 6) is -2.36. The summed E-state index contributed by atoms with van der Waals surface area (Å²) in [6, 6.07) is 2.73. The summed E-state index contributed by atoms with van der Waals surface area (Å²) in [5.41, 5.74) is 4.26. The molecule has 1 aliphatic rings. The predicted molar refractivity (Wildman–Crippen MR) is 76.7 cm³/mol. The highest BCUT2D eigenvalue weighted by molar-refractivity contribution is 7.80. The normalized spacial score (nSPS) is 17.8. The van der Waals surface area contributed by atoms with Gasteiger partial charge >= 0.3 is 0 Å². The second-order valence-corrected chi connectivity index (χ2v) is 5.53. The highest BCUT2D eigenvalue weighted by atomic mass is 32.1. The number of amides is 1. The van der Waals surface area contributed by atoms with Crippen molar-refractivity contribution in [2.75, 3.05) is 18.0 Å². The van der Waals surface area contributed by atoms with Crippen molar-refractivity contribution in [1.82, 2.24) is 5.32 Å². The van der Waals surface area contributed by atoms with E-state index in [-0.39, 0.29) is 22.1 Å². The number of carbonyl (C=O) groups excluding carboxylic acids is 1. The predicted octanol–water partition coefficient (Wildman–Crippen LogP) is 1.31. The fourth-order valence-electron chi connectivity index (χ4n) is 2.26. The average molecular weight is 299 g/mol. The SMILES string of the molecule is CC1(C)C(=O)NCCN1c1ccc(C(N)=S)c(F)c1F. The number of hydrogen-bond acceptors (Lipinski definition) is 3. The minimum Gasteiger partial charge on any atom is -0.389 e. The third-order valence-corrected chi connectivity index (χ3v) is 3.69. The van der Waals surface area contributed by atoms with E-state index >= 15 is 0 Å². The van der Waals surface area contributed by atoms with Crippen LogP contribution in [0.4, 0.5) is 14.5 Å². The molecule has 1 heterocycles. The summed E-state index contributed by atoms with van der Waals surface area (Å²) in [5, 5.41) is 2.70. The molecule has 0 aliphatic carbocycles. The van der Waals surface area contributed by atoms with Crippen LogP contribution in [-0.4, -0.2) is 29.5 Å². The van der Waals surface area contributed by atoms with Gasteiger partial charge in [-0.25, -0.2) is 8.78 Å². The molecular formula is C13H15F2N3OS. The molecule has 20 heavy (non-hydrogen) atoms. The summed E-state index contributed by atoms with van der Waals surface area (Å²) >= 11 is 4.67. The fraction of sp³-hybridized carbons (Fsp3) is 0.385. The van der Waals surface area contributed by atoms with Gasteiger partial charge in [0.1, 0.15) is 10.5 Å². The van der Waals surface area contributed by atoms with Crippen LogP contribution in [0.3, 0.4) is 0 Å². The van der Waals surface area contributed by atoms with Crippen LogP contribution in [0.25, 0.3) is 0 Å². The minimum absolute atomic E-state index is 0.0300. The number of nitrogens with two attached hydrogens (primary N) is 1. The topological polar surface area (TPSA) is 58.4 Å². The molecule has 0 atom stereocenters. The summed E-state index contributed by atoms with van der Waals surface area (Å²) in [6.45, 7) is 4.07. The molecule has 0 unspecified atom stereocenters. The van der Waals surface area contributed by atoms with Crippen molar-refractivity contribution in [2.24, 2.45) is 5.73 Å². The van der Waals surface area contributed by atoms with Crippen molar-refractivity contribution in [3.8, 4) is 0 Å². The van der Waals surface area contributed by atoms with E-state index in [9.17, 15) is 13.6 Å². The van der Waals surface area contributed by atoms with Crippen LogP contribution in [0.5, 0.6) is 0 Å². The smallest absolute Gasteiger partial charge is 0.245 e. The number of thiocarbonyl (C=S) groups is 1. The highest BCUT2D eigenvalue weighted by Gasteiger charge is 2.39. The van der Waals surface area contributed by atoms with Crippen LogP contribution in [-0.2, 0) is 4.79 Å². The van der Waals surface area contributed by atoms with Crippen molar-refractivity contribution < 1.29 is 13.6 Å². The molecule has 0 spiro atoms. The molecule has 0 aromatic heterocycles. The Hall–Kier alpha value is -1.76. The quantitative estimate of drug-likeness (QED) is 0.809. The van der Waals surface area contributed by atoms with Crippen LogP contribution in [0, 0.1) is 11.6 Å². The van der Waals surface area contributed by atoms with Crippen LogP contribution in [0.2, 0.25) is 0 Å². The van der Waals surface area contributed by atoms with Gasteiger partial charge in [0, 0.05) is 18.7 Å². The lowest BCUT2D eigenvalue weighted by molar-refractivity contribution is -0.126. The van der Waals surface area contributed by atoms with Gasteiger partial charge in [0.25, 0.3) is 0 Å². The zero-order valence-electron chi connectivity index (χ0n) is 11.2. The van der Waals surface area contributed by atoms with Crippen LogP contribution < -0.4 is 16.0 Å². The summed E-state index contributed by atoms with van der Waals surface area (Å²) in [7, 11) is 0. The molecule has 7 heteroatoms. The Morgan fingerprint density at radius 2 is 2.05 bits per heavy atom. The largest absolute Gasteiger partial charge is 0.389 e. The first kappa shape index (κ1) is 14.6. The summed E-state index contributed by atoms with van der Waals surface area (Å²) < 4.78 is 28.2. The molecule has 1 amide bonds. The van der Waals surface area contributed by atoms with Gasteiger partial charge in [0.2, 0.25) is 5.91 Å². The highest BCUT2D eigenvalue weighted by Crippen LogP contribution is 2.30. The number of nitrogens with one attached hydrogen (secondary N) is 1. The van der Waals surface area contributed by atoms with Crippen molar-refractivity contribution in [3.05, 3.63) is 29.3 Å². The van der Waals surface area contributed by atoms with Gasteiger partial charge in [-0.15, -0.1) is 0 Å². The van der Waals surface area contributed by atoms with Crippen LogP contribution >= 0.6 is 12.2 Å². The number of nitrogens with zero attached hydrogens (tertiary/aromatic N) is 1. The van der Waals surface area contributed by atoms with E-state index in [1.54, 1.807) is 13.8 Å². The fourth-order valence-corrected chi connectivity index (χ4v) is 2.42. The molecule has 1 fully saturated rings. The van der Waals surface area contributed by atoms with Gasteiger partial charge in [-0.3, -0.25) is 4.79 Å². The van der Waals surface area contributed by atoms with Crippen molar-refractivity contribution >= 4 is 28.8 Å². The number of benzene rings is 1. The van der Waals surface area contributed by atoms with Gasteiger partial charge in [-0.05, 0) is 26.0 Å². The third-order valence-electron chi connectivity index (χ3n) is 3.47. The maximum absolute atomic E-state index is 14.2. The molecule has 108 valence electrons. The van der Waals surface area contributed by atoms with E-state index in [4.69, 9.17) is 5.73 Å². The first-order valence-electron chi connectivity index (χ1n) is 6.10. The van der Waals surface area contributed by atoms with Crippen LogP contribution in [0.1, 0.15) is 19.4 Å². The molecule has 2 rings (SSSR count). The van der Waals surface area contributed by atoms with Gasteiger partial charge in [0.15, 0.2) is 11.6 Å². The van der Waals surface area contributed by atoms with E-state index in [1.165, 1.54) is 17.0 Å². The van der Waals surface area contributed by atoms with Crippen molar-refractivity contribution in [2.45, 2.75) is 19.4 Å².